The Hall–Kier alpha value is -1.05. The minimum atomic E-state index is -4.03. The van der Waals surface area contributed by atoms with Crippen molar-refractivity contribution in [3.05, 3.63) is 29.8 Å². The summed E-state index contributed by atoms with van der Waals surface area (Å²) in [6.45, 7) is 3.31. The van der Waals surface area contributed by atoms with Crippen LogP contribution in [-0.2, 0) is 10.0 Å². The Morgan fingerprint density at radius 1 is 1.40 bits per heavy atom. The molecule has 4 nitrogen and oxygen atoms in total. The van der Waals surface area contributed by atoms with Crippen LogP contribution in [0.5, 0.6) is 0 Å². The first-order chi connectivity index (χ1) is 9.46. The second kappa shape index (κ2) is 6.15. The molecule has 0 aromatic heterocycles. The highest BCUT2D eigenvalue weighted by Crippen LogP contribution is 2.24. The van der Waals surface area contributed by atoms with Crippen molar-refractivity contribution in [2.75, 3.05) is 19.6 Å². The molecule has 1 aliphatic heterocycles. The number of benzene rings is 1. The number of nitrogens with one attached hydrogen (secondary N) is 1. The van der Waals surface area contributed by atoms with Gasteiger partial charge >= 0.3 is 0 Å². The maximum Gasteiger partial charge on any atom is 0.246 e. The number of halogens is 2. The van der Waals surface area contributed by atoms with Crippen molar-refractivity contribution >= 4 is 10.0 Å². The monoisotopic (exact) mass is 304 g/mol. The molecule has 0 spiro atoms. The molecule has 0 saturated carbocycles. The summed E-state index contributed by atoms with van der Waals surface area (Å²) in [4.78, 5) is -0.593. The van der Waals surface area contributed by atoms with Crippen LogP contribution in [-0.4, -0.2) is 38.4 Å². The number of nitrogens with zero attached hydrogens (tertiary/aromatic N) is 1. The molecule has 20 heavy (non-hydrogen) atoms. The first-order valence-electron chi connectivity index (χ1n) is 6.64. The molecular weight excluding hydrogens is 286 g/mol. The van der Waals surface area contributed by atoms with Crippen molar-refractivity contribution in [1.82, 2.24) is 9.62 Å². The number of hydrogen-bond acceptors (Lipinski definition) is 3. The van der Waals surface area contributed by atoms with Gasteiger partial charge < -0.3 is 5.32 Å². The third-order valence-electron chi connectivity index (χ3n) is 3.47. The first-order valence-corrected chi connectivity index (χ1v) is 8.08. The van der Waals surface area contributed by atoms with Crippen molar-refractivity contribution in [3.8, 4) is 0 Å². The number of piperidine rings is 1. The average molecular weight is 304 g/mol. The maximum absolute atomic E-state index is 13.7. The predicted molar refractivity (Wildman–Crippen MR) is 71.8 cm³/mol. The van der Waals surface area contributed by atoms with E-state index in [1.165, 1.54) is 4.31 Å². The molecule has 1 aromatic carbocycles. The smallest absolute Gasteiger partial charge is 0.246 e. The Morgan fingerprint density at radius 2 is 2.15 bits per heavy atom. The molecule has 7 heteroatoms. The summed E-state index contributed by atoms with van der Waals surface area (Å²) in [5.74, 6) is -1.68. The van der Waals surface area contributed by atoms with E-state index in [4.69, 9.17) is 0 Å². The lowest BCUT2D eigenvalue weighted by Gasteiger charge is -2.33. The summed E-state index contributed by atoms with van der Waals surface area (Å²) in [5, 5.41) is 3.13. The van der Waals surface area contributed by atoms with Gasteiger partial charge in [-0.15, -0.1) is 0 Å². The first kappa shape index (κ1) is 15.3. The van der Waals surface area contributed by atoms with E-state index in [9.17, 15) is 17.2 Å². The zero-order valence-corrected chi connectivity index (χ0v) is 12.1. The Kier molecular flexibility index (Phi) is 4.72. The molecule has 0 amide bonds. The Labute approximate surface area is 117 Å². The van der Waals surface area contributed by atoms with Crippen LogP contribution in [0.25, 0.3) is 0 Å². The minimum absolute atomic E-state index is 0.221. The van der Waals surface area contributed by atoms with Gasteiger partial charge in [0.2, 0.25) is 10.0 Å². The molecule has 1 N–H and O–H groups in total. The summed E-state index contributed by atoms with van der Waals surface area (Å²) < 4.78 is 53.3. The molecule has 1 atom stereocenters. The lowest BCUT2D eigenvalue weighted by molar-refractivity contribution is 0.273. The maximum atomic E-state index is 13.7. The lowest BCUT2D eigenvalue weighted by Crippen LogP contribution is -2.48. The van der Waals surface area contributed by atoms with E-state index in [0.717, 1.165) is 37.6 Å². The Bertz CT molecular complexity index is 572. The summed E-state index contributed by atoms with van der Waals surface area (Å²) >= 11 is 0. The molecular formula is C13H18F2N2O2S. The largest absolute Gasteiger partial charge is 0.315 e. The highest BCUT2D eigenvalue weighted by molar-refractivity contribution is 7.89. The van der Waals surface area contributed by atoms with Gasteiger partial charge in [-0.1, -0.05) is 6.92 Å². The molecule has 1 aliphatic rings. The van der Waals surface area contributed by atoms with Crippen LogP contribution in [0.15, 0.2) is 23.1 Å². The van der Waals surface area contributed by atoms with E-state index < -0.39 is 26.6 Å². The van der Waals surface area contributed by atoms with Crippen LogP contribution in [0.4, 0.5) is 8.78 Å². The highest BCUT2D eigenvalue weighted by Gasteiger charge is 2.33. The fraction of sp³-hybridized carbons (Fsp3) is 0.538. The summed E-state index contributed by atoms with van der Waals surface area (Å²) in [6, 6.07) is 2.27. The van der Waals surface area contributed by atoms with Gasteiger partial charge in [0.25, 0.3) is 0 Å². The lowest BCUT2D eigenvalue weighted by atomic mass is 10.1. The van der Waals surface area contributed by atoms with Gasteiger partial charge in [0, 0.05) is 19.1 Å². The fourth-order valence-corrected chi connectivity index (χ4v) is 4.25. The third kappa shape index (κ3) is 2.99. The van der Waals surface area contributed by atoms with Crippen molar-refractivity contribution < 1.29 is 17.2 Å². The van der Waals surface area contributed by atoms with E-state index in [1.54, 1.807) is 6.92 Å². The normalized spacial score (nSPS) is 20.3. The van der Waals surface area contributed by atoms with E-state index in [1.807, 2.05) is 0 Å². The molecule has 112 valence electrons. The van der Waals surface area contributed by atoms with Gasteiger partial charge in [0.1, 0.15) is 16.5 Å². The second-order valence-electron chi connectivity index (χ2n) is 4.78. The van der Waals surface area contributed by atoms with Gasteiger partial charge in [-0.3, -0.25) is 0 Å². The number of hydrogen-bond donors (Lipinski definition) is 1. The Balaban J connectivity index is 2.38. The van der Waals surface area contributed by atoms with Crippen LogP contribution in [0.3, 0.4) is 0 Å². The molecule has 1 unspecified atom stereocenters. The number of sulfonamides is 1. The molecule has 0 aliphatic carbocycles. The van der Waals surface area contributed by atoms with Crippen LogP contribution in [0, 0.1) is 11.6 Å². The molecule has 2 rings (SSSR count). The average Bonchev–Trinajstić information content (AvgIpc) is 2.43. The zero-order valence-electron chi connectivity index (χ0n) is 11.3. The molecule has 1 saturated heterocycles. The third-order valence-corrected chi connectivity index (χ3v) is 5.51. The molecule has 1 heterocycles. The van der Waals surface area contributed by atoms with Crippen molar-refractivity contribution in [3.63, 3.8) is 0 Å². The molecule has 1 fully saturated rings. The van der Waals surface area contributed by atoms with Gasteiger partial charge in [0.15, 0.2) is 0 Å². The second-order valence-corrected chi connectivity index (χ2v) is 6.64. The van der Waals surface area contributed by atoms with Crippen molar-refractivity contribution in [2.45, 2.75) is 30.7 Å². The summed E-state index contributed by atoms with van der Waals surface area (Å²) in [6.07, 6.45) is 1.58. The van der Waals surface area contributed by atoms with Crippen molar-refractivity contribution in [1.29, 1.82) is 0 Å². The van der Waals surface area contributed by atoms with Crippen molar-refractivity contribution in [2.24, 2.45) is 0 Å². The summed E-state index contributed by atoms with van der Waals surface area (Å²) in [7, 11) is -4.03. The van der Waals surface area contributed by atoms with Gasteiger partial charge in [0.05, 0.1) is 0 Å². The number of rotatable bonds is 4. The van der Waals surface area contributed by atoms with Crippen LogP contribution < -0.4 is 5.32 Å². The Morgan fingerprint density at radius 3 is 2.75 bits per heavy atom. The molecule has 0 bridgehead atoms. The van der Waals surface area contributed by atoms with E-state index in [2.05, 4.69) is 5.32 Å². The minimum Gasteiger partial charge on any atom is -0.315 e. The standard InChI is InChI=1S/C13H18F2N2O2S/c1-2-17(11-4-3-7-16-9-11)20(18,19)13-8-10(14)5-6-12(13)15/h5-6,8,11,16H,2-4,7,9H2,1H3. The van der Waals surface area contributed by atoms with Gasteiger partial charge in [-0.25, -0.2) is 17.2 Å². The topological polar surface area (TPSA) is 49.4 Å². The van der Waals surface area contributed by atoms with E-state index >= 15 is 0 Å². The van der Waals surface area contributed by atoms with E-state index in [0.29, 0.717) is 6.54 Å². The van der Waals surface area contributed by atoms with Gasteiger partial charge in [-0.2, -0.15) is 4.31 Å². The molecule has 0 radical (unpaired) electrons. The predicted octanol–water partition coefficient (Wildman–Crippen LogP) is 1.73. The summed E-state index contributed by atoms with van der Waals surface area (Å²) in [5.41, 5.74) is 0. The molecule has 1 aromatic rings. The quantitative estimate of drug-likeness (QED) is 0.921. The zero-order chi connectivity index (χ0) is 14.8. The van der Waals surface area contributed by atoms with Crippen LogP contribution in [0.2, 0.25) is 0 Å². The fourth-order valence-electron chi connectivity index (χ4n) is 2.50. The van der Waals surface area contributed by atoms with Crippen LogP contribution >= 0.6 is 0 Å². The van der Waals surface area contributed by atoms with E-state index in [-0.39, 0.29) is 12.6 Å². The SMILES string of the molecule is CCN(C1CCCNC1)S(=O)(=O)c1cc(F)ccc1F. The van der Waals surface area contributed by atoms with Gasteiger partial charge in [-0.05, 0) is 37.6 Å². The number of likely N-dealkylation sites (N-methyl/N-ethyl adjacent to an activating group) is 1. The highest BCUT2D eigenvalue weighted by atomic mass is 32.2. The van der Waals surface area contributed by atoms with Crippen LogP contribution in [0.1, 0.15) is 19.8 Å².